The number of carbonyl (C=O) groups excluding carboxylic acids is 2. The topological polar surface area (TPSA) is 75.6 Å². The number of hydrogen-bond donors (Lipinski definition) is 2. The first-order valence-corrected chi connectivity index (χ1v) is 10.8. The molecule has 0 aliphatic heterocycles. The van der Waals surface area contributed by atoms with Gasteiger partial charge in [0.05, 0.1) is 0 Å². The summed E-state index contributed by atoms with van der Waals surface area (Å²) in [6.45, 7) is 0.170. The summed E-state index contributed by atoms with van der Waals surface area (Å²) < 4.78 is 5.55. The van der Waals surface area contributed by atoms with Gasteiger partial charge in [-0.15, -0.1) is 0 Å². The van der Waals surface area contributed by atoms with E-state index in [9.17, 15) is 14.7 Å². The molecule has 2 N–H and O–H groups in total. The van der Waals surface area contributed by atoms with Crippen molar-refractivity contribution in [3.8, 4) is 5.75 Å². The molecule has 5 heteroatoms. The Labute approximate surface area is 178 Å². The number of aliphatic hydroxyl groups is 1. The maximum absolute atomic E-state index is 12.2. The molecule has 0 heterocycles. The van der Waals surface area contributed by atoms with Crippen molar-refractivity contribution in [2.45, 2.75) is 50.7 Å². The molecule has 0 bridgehead atoms. The van der Waals surface area contributed by atoms with Crippen LogP contribution in [-0.2, 0) is 9.59 Å². The molecule has 0 saturated heterocycles. The lowest BCUT2D eigenvalue weighted by Gasteiger charge is -2.14. The number of nitrogens with one attached hydrogen (secondary N) is 1. The van der Waals surface area contributed by atoms with Gasteiger partial charge in [-0.05, 0) is 50.3 Å². The van der Waals surface area contributed by atoms with Gasteiger partial charge in [-0.2, -0.15) is 0 Å². The summed E-state index contributed by atoms with van der Waals surface area (Å²) in [6, 6.07) is 9.78. The third-order valence-corrected chi connectivity index (χ3v) is 5.31. The quantitative estimate of drug-likeness (QED) is 0.407. The summed E-state index contributed by atoms with van der Waals surface area (Å²) in [4.78, 5) is 23.8. The molecular formula is C25H31NO4. The van der Waals surface area contributed by atoms with Crippen LogP contribution < -0.4 is 10.1 Å². The number of aliphatic hydroxyl groups excluding tert-OH is 1. The van der Waals surface area contributed by atoms with Crippen molar-refractivity contribution in [2.24, 2.45) is 11.8 Å². The Morgan fingerprint density at radius 1 is 1.23 bits per heavy atom. The number of carbonyl (C=O) groups is 2. The van der Waals surface area contributed by atoms with E-state index in [0.717, 1.165) is 25.7 Å². The van der Waals surface area contributed by atoms with Gasteiger partial charge in [0.15, 0.2) is 5.78 Å². The van der Waals surface area contributed by atoms with E-state index in [1.807, 2.05) is 48.6 Å². The second-order valence-electron chi connectivity index (χ2n) is 7.96. The van der Waals surface area contributed by atoms with Gasteiger partial charge in [-0.1, -0.05) is 48.6 Å². The molecule has 1 amide bonds. The summed E-state index contributed by atoms with van der Waals surface area (Å²) in [5, 5.41) is 13.1. The molecule has 2 aliphatic carbocycles. The van der Waals surface area contributed by atoms with E-state index in [-0.39, 0.29) is 30.1 Å². The lowest BCUT2D eigenvalue weighted by Crippen LogP contribution is -2.24. The molecule has 30 heavy (non-hydrogen) atoms. The Bertz CT molecular complexity index is 780. The number of allylic oxidation sites excluding steroid dienone is 5. The van der Waals surface area contributed by atoms with Crippen LogP contribution in [0.3, 0.4) is 0 Å². The first-order chi connectivity index (χ1) is 14.6. The molecule has 3 atom stereocenters. The maximum atomic E-state index is 12.2. The molecule has 1 saturated carbocycles. The van der Waals surface area contributed by atoms with Gasteiger partial charge < -0.3 is 15.2 Å². The lowest BCUT2D eigenvalue weighted by atomic mass is 9.90. The van der Waals surface area contributed by atoms with E-state index in [2.05, 4.69) is 11.4 Å². The number of benzene rings is 1. The molecule has 1 aromatic carbocycles. The summed E-state index contributed by atoms with van der Waals surface area (Å²) in [5.41, 5.74) is 0. The third kappa shape index (κ3) is 7.64. The van der Waals surface area contributed by atoms with Gasteiger partial charge in [-0.3, -0.25) is 9.59 Å². The Hall–Kier alpha value is -2.66. The highest BCUT2D eigenvalue weighted by Gasteiger charge is 2.27. The third-order valence-electron chi connectivity index (χ3n) is 5.31. The van der Waals surface area contributed by atoms with Gasteiger partial charge in [0, 0.05) is 24.3 Å². The number of amides is 1. The van der Waals surface area contributed by atoms with Crippen LogP contribution in [0.5, 0.6) is 5.75 Å². The number of ketones is 1. The van der Waals surface area contributed by atoms with Crippen LogP contribution in [0.25, 0.3) is 0 Å². The van der Waals surface area contributed by atoms with Crippen LogP contribution in [0.4, 0.5) is 0 Å². The minimum absolute atomic E-state index is 0.0159. The average molecular weight is 410 g/mol. The molecule has 0 unspecified atom stereocenters. The fourth-order valence-corrected chi connectivity index (χ4v) is 3.40. The normalized spacial score (nSPS) is 22.1. The highest BCUT2D eigenvalue weighted by atomic mass is 16.5. The zero-order chi connectivity index (χ0) is 21.2. The molecule has 160 valence electrons. The van der Waals surface area contributed by atoms with Crippen LogP contribution in [-0.4, -0.2) is 35.5 Å². The molecule has 3 rings (SSSR count). The molecule has 1 fully saturated rings. The van der Waals surface area contributed by atoms with Crippen molar-refractivity contribution < 1.29 is 19.4 Å². The largest absolute Gasteiger partial charge is 0.491 e. The molecule has 5 nitrogen and oxygen atoms in total. The minimum atomic E-state index is -0.729. The van der Waals surface area contributed by atoms with Crippen molar-refractivity contribution in [2.75, 3.05) is 6.61 Å². The molecule has 1 aromatic rings. The molecule has 0 aromatic heterocycles. The number of rotatable bonds is 12. The Morgan fingerprint density at radius 2 is 2.03 bits per heavy atom. The van der Waals surface area contributed by atoms with E-state index in [1.54, 1.807) is 12.2 Å². The van der Waals surface area contributed by atoms with Crippen molar-refractivity contribution >= 4 is 11.7 Å². The minimum Gasteiger partial charge on any atom is -0.491 e. The number of hydrogen-bond acceptors (Lipinski definition) is 4. The lowest BCUT2D eigenvalue weighted by molar-refractivity contribution is -0.121. The summed E-state index contributed by atoms with van der Waals surface area (Å²) in [5.74, 6) is 0.832. The number of ether oxygens (including phenoxy) is 1. The predicted octanol–water partition coefficient (Wildman–Crippen LogP) is 3.75. The SMILES string of the molecule is O=C(CCC/C=C\C[C@H]1C(=O)C=C[C@@H]1/C=C/[C@@H](O)COc1ccccc1)NC1CC1. The first kappa shape index (κ1) is 22.0. The molecule has 0 radical (unpaired) electrons. The van der Waals surface area contributed by atoms with Crippen molar-refractivity contribution in [3.05, 3.63) is 66.8 Å². The molecular weight excluding hydrogens is 378 g/mol. The van der Waals surface area contributed by atoms with Gasteiger partial charge in [-0.25, -0.2) is 0 Å². The zero-order valence-electron chi connectivity index (χ0n) is 17.3. The monoisotopic (exact) mass is 409 g/mol. The van der Waals surface area contributed by atoms with E-state index in [0.29, 0.717) is 24.6 Å². The van der Waals surface area contributed by atoms with Gasteiger partial charge in [0.2, 0.25) is 5.91 Å². The van der Waals surface area contributed by atoms with Crippen LogP contribution in [0.2, 0.25) is 0 Å². The van der Waals surface area contributed by atoms with Crippen molar-refractivity contribution in [3.63, 3.8) is 0 Å². The Balaban J connectivity index is 1.35. The second kappa shape index (κ2) is 11.5. The summed E-state index contributed by atoms with van der Waals surface area (Å²) >= 11 is 0. The van der Waals surface area contributed by atoms with E-state index in [1.165, 1.54) is 0 Å². The van der Waals surface area contributed by atoms with Crippen molar-refractivity contribution in [1.29, 1.82) is 0 Å². The van der Waals surface area contributed by atoms with Gasteiger partial charge in [0.1, 0.15) is 18.5 Å². The zero-order valence-corrected chi connectivity index (χ0v) is 17.3. The molecule has 2 aliphatic rings. The second-order valence-corrected chi connectivity index (χ2v) is 7.96. The Morgan fingerprint density at radius 3 is 2.80 bits per heavy atom. The first-order valence-electron chi connectivity index (χ1n) is 10.8. The summed E-state index contributed by atoms with van der Waals surface area (Å²) in [7, 11) is 0. The van der Waals surface area contributed by atoms with E-state index in [4.69, 9.17) is 4.74 Å². The smallest absolute Gasteiger partial charge is 0.220 e. The fourth-order valence-electron chi connectivity index (χ4n) is 3.40. The Kier molecular flexibility index (Phi) is 8.45. The maximum Gasteiger partial charge on any atom is 0.220 e. The van der Waals surface area contributed by atoms with Gasteiger partial charge >= 0.3 is 0 Å². The number of para-hydroxylation sites is 1. The van der Waals surface area contributed by atoms with Crippen LogP contribution >= 0.6 is 0 Å². The molecule has 0 spiro atoms. The average Bonchev–Trinajstić information content (AvgIpc) is 3.50. The van der Waals surface area contributed by atoms with Gasteiger partial charge in [0.25, 0.3) is 0 Å². The highest BCUT2D eigenvalue weighted by Crippen LogP contribution is 2.27. The van der Waals surface area contributed by atoms with E-state index >= 15 is 0 Å². The van der Waals surface area contributed by atoms with E-state index < -0.39 is 6.10 Å². The van der Waals surface area contributed by atoms with Crippen LogP contribution in [0, 0.1) is 11.8 Å². The summed E-state index contributed by atoms with van der Waals surface area (Å²) in [6.07, 6.45) is 15.6. The standard InChI is InChI=1S/C25H31NO4/c27-21(18-30-22-8-4-3-5-9-22)16-12-19-13-17-24(28)23(19)10-6-1-2-7-11-25(29)26-20-14-15-20/h1,3-6,8-9,12-13,16-17,19-21,23,27H,2,7,10-11,14-15,18H2,(H,26,29)/b6-1-,16-12+/t19-,21+,23+/m0/s1. The van der Waals surface area contributed by atoms with Crippen molar-refractivity contribution in [1.82, 2.24) is 5.32 Å². The van der Waals surface area contributed by atoms with Crippen LogP contribution in [0.1, 0.15) is 38.5 Å². The fraction of sp³-hybridized carbons (Fsp3) is 0.440. The number of unbranched alkanes of at least 4 members (excludes halogenated alkanes) is 1. The predicted molar refractivity (Wildman–Crippen MR) is 117 cm³/mol. The van der Waals surface area contributed by atoms with Crippen LogP contribution in [0.15, 0.2) is 66.8 Å². The highest BCUT2D eigenvalue weighted by molar-refractivity contribution is 5.95.